The van der Waals surface area contributed by atoms with Crippen LogP contribution in [0.3, 0.4) is 0 Å². The van der Waals surface area contributed by atoms with Gasteiger partial charge >= 0.3 is 0 Å². The van der Waals surface area contributed by atoms with E-state index in [1.54, 1.807) is 6.07 Å². The summed E-state index contributed by atoms with van der Waals surface area (Å²) in [6.45, 7) is 0. The highest BCUT2D eigenvalue weighted by molar-refractivity contribution is 7.85. The number of nitrogens with zero attached hydrogens (tertiary/aromatic N) is 1. The number of nitriles is 1. The van der Waals surface area contributed by atoms with Crippen LogP contribution in [0.4, 0.5) is 10.1 Å². The highest BCUT2D eigenvalue weighted by Gasteiger charge is 2.06. The lowest BCUT2D eigenvalue weighted by Crippen LogP contribution is -2.00. The van der Waals surface area contributed by atoms with E-state index in [1.807, 2.05) is 6.07 Å². The van der Waals surface area contributed by atoms with Crippen molar-refractivity contribution in [3.8, 4) is 6.07 Å². The van der Waals surface area contributed by atoms with Gasteiger partial charge in [-0.15, -0.1) is 0 Å². The van der Waals surface area contributed by atoms with Crippen molar-refractivity contribution in [2.75, 3.05) is 11.5 Å². The molecule has 0 aliphatic rings. The molecule has 0 radical (unpaired) electrons. The van der Waals surface area contributed by atoms with Crippen molar-refractivity contribution < 1.29 is 8.60 Å². The number of benzene rings is 1. The Hall–Kier alpha value is -1.41. The number of anilines is 1. The maximum Gasteiger partial charge on any atom is 0.147 e. The fraction of sp³-hybridized carbons (Fsp3) is 0.300. The number of nitrogen functional groups attached to an aromatic ring is 1. The third kappa shape index (κ3) is 3.33. The lowest BCUT2D eigenvalue weighted by atomic mass is 10.3. The van der Waals surface area contributed by atoms with Gasteiger partial charge in [-0.1, -0.05) is 0 Å². The maximum atomic E-state index is 13.0. The van der Waals surface area contributed by atoms with E-state index < -0.39 is 16.6 Å². The normalized spacial score (nSPS) is 12.0. The third-order valence-electron chi connectivity index (χ3n) is 1.85. The topological polar surface area (TPSA) is 66.9 Å². The molecule has 0 saturated heterocycles. The molecule has 1 atom stereocenters. The summed E-state index contributed by atoms with van der Waals surface area (Å²) in [5.41, 5.74) is 5.34. The van der Waals surface area contributed by atoms with Crippen molar-refractivity contribution in [2.24, 2.45) is 0 Å². The fourth-order valence-corrected chi connectivity index (χ4v) is 2.15. The monoisotopic (exact) mass is 226 g/mol. The van der Waals surface area contributed by atoms with Gasteiger partial charge in [0, 0.05) is 17.1 Å². The SMILES string of the molecule is N#CCCCS(=O)c1ccc(N)c(F)c1. The molecule has 5 heteroatoms. The standard InChI is InChI=1S/C10H11FN2OS/c11-9-7-8(3-4-10(9)13)15(14)6-2-1-5-12/h3-4,7H,1-2,6,13H2. The fourth-order valence-electron chi connectivity index (χ4n) is 1.05. The molecule has 1 aromatic carbocycles. The van der Waals surface area contributed by atoms with Crippen LogP contribution in [0.2, 0.25) is 0 Å². The molecule has 15 heavy (non-hydrogen) atoms. The first kappa shape index (κ1) is 11.7. The Morgan fingerprint density at radius 3 is 2.87 bits per heavy atom. The molecule has 1 aromatic rings. The second-order valence-corrected chi connectivity index (χ2v) is 4.57. The summed E-state index contributed by atoms with van der Waals surface area (Å²) in [5.74, 6) is -0.183. The Kier molecular flexibility index (Phi) is 4.25. The number of unbranched alkanes of at least 4 members (excludes halogenated alkanes) is 1. The molecule has 0 bridgehead atoms. The van der Waals surface area contributed by atoms with E-state index >= 15 is 0 Å². The van der Waals surface area contributed by atoms with Gasteiger partial charge in [-0.05, 0) is 24.6 Å². The van der Waals surface area contributed by atoms with Gasteiger partial charge in [0.1, 0.15) is 5.82 Å². The molecular weight excluding hydrogens is 215 g/mol. The van der Waals surface area contributed by atoms with Crippen LogP contribution in [-0.4, -0.2) is 9.96 Å². The minimum absolute atomic E-state index is 0.0489. The van der Waals surface area contributed by atoms with Gasteiger partial charge in [-0.2, -0.15) is 5.26 Å². The van der Waals surface area contributed by atoms with E-state index in [4.69, 9.17) is 11.0 Å². The molecule has 0 aromatic heterocycles. The summed E-state index contributed by atoms with van der Waals surface area (Å²) < 4.78 is 24.6. The lowest BCUT2D eigenvalue weighted by Gasteiger charge is -2.02. The number of halogens is 1. The molecule has 0 aliphatic heterocycles. The third-order valence-corrected chi connectivity index (χ3v) is 3.29. The number of hydrogen-bond donors (Lipinski definition) is 1. The van der Waals surface area contributed by atoms with Gasteiger partial charge in [0.25, 0.3) is 0 Å². The van der Waals surface area contributed by atoms with Gasteiger partial charge in [0.2, 0.25) is 0 Å². The van der Waals surface area contributed by atoms with E-state index in [2.05, 4.69) is 0 Å². The summed E-state index contributed by atoms with van der Waals surface area (Å²) in [6.07, 6.45) is 0.915. The highest BCUT2D eigenvalue weighted by atomic mass is 32.2. The van der Waals surface area contributed by atoms with Gasteiger partial charge in [0.15, 0.2) is 0 Å². The molecule has 0 saturated carbocycles. The molecule has 1 unspecified atom stereocenters. The van der Waals surface area contributed by atoms with Crippen LogP contribution in [-0.2, 0) is 10.8 Å². The molecule has 0 fully saturated rings. The van der Waals surface area contributed by atoms with Crippen LogP contribution in [0, 0.1) is 17.1 Å². The van der Waals surface area contributed by atoms with Crippen molar-refractivity contribution in [2.45, 2.75) is 17.7 Å². The Morgan fingerprint density at radius 2 is 2.27 bits per heavy atom. The molecule has 2 N–H and O–H groups in total. The quantitative estimate of drug-likeness (QED) is 0.629. The van der Waals surface area contributed by atoms with Crippen LogP contribution in [0.15, 0.2) is 23.1 Å². The second kappa shape index (κ2) is 5.47. The molecule has 0 heterocycles. The Morgan fingerprint density at radius 1 is 1.53 bits per heavy atom. The van der Waals surface area contributed by atoms with E-state index in [0.717, 1.165) is 0 Å². The largest absolute Gasteiger partial charge is 0.396 e. The summed E-state index contributed by atoms with van der Waals surface area (Å²) >= 11 is 0. The molecule has 0 spiro atoms. The lowest BCUT2D eigenvalue weighted by molar-refractivity contribution is 0.627. The Labute approximate surface area is 90.2 Å². The maximum absolute atomic E-state index is 13.0. The summed E-state index contributed by atoms with van der Waals surface area (Å²) in [4.78, 5) is 0.416. The molecule has 0 aliphatic carbocycles. The van der Waals surface area contributed by atoms with E-state index in [-0.39, 0.29) is 5.69 Å². The molecule has 1 rings (SSSR count). The number of nitrogens with two attached hydrogens (primary N) is 1. The van der Waals surface area contributed by atoms with Crippen LogP contribution < -0.4 is 5.73 Å². The average molecular weight is 226 g/mol. The summed E-state index contributed by atoms with van der Waals surface area (Å²) in [7, 11) is -1.25. The van der Waals surface area contributed by atoms with Crippen molar-refractivity contribution in [1.29, 1.82) is 5.26 Å². The number of hydrogen-bond acceptors (Lipinski definition) is 3. The zero-order valence-corrected chi connectivity index (χ0v) is 8.89. The smallest absolute Gasteiger partial charge is 0.147 e. The highest BCUT2D eigenvalue weighted by Crippen LogP contribution is 2.15. The number of rotatable bonds is 4. The van der Waals surface area contributed by atoms with Crippen molar-refractivity contribution >= 4 is 16.5 Å². The van der Waals surface area contributed by atoms with Crippen LogP contribution in [0.25, 0.3) is 0 Å². The van der Waals surface area contributed by atoms with E-state index in [1.165, 1.54) is 12.1 Å². The van der Waals surface area contributed by atoms with Gasteiger partial charge in [-0.25, -0.2) is 4.39 Å². The Balaban J connectivity index is 2.67. The summed E-state index contributed by atoms with van der Waals surface area (Å²) in [5, 5.41) is 8.30. The van der Waals surface area contributed by atoms with Crippen LogP contribution in [0.5, 0.6) is 0 Å². The average Bonchev–Trinajstić information content (AvgIpc) is 2.22. The molecular formula is C10H11FN2OS. The first-order valence-corrected chi connectivity index (χ1v) is 5.77. The van der Waals surface area contributed by atoms with Crippen molar-refractivity contribution in [3.05, 3.63) is 24.0 Å². The summed E-state index contributed by atoms with van der Waals surface area (Å²) in [6, 6.07) is 6.08. The van der Waals surface area contributed by atoms with Crippen LogP contribution >= 0.6 is 0 Å². The molecule has 0 amide bonds. The minimum Gasteiger partial charge on any atom is -0.396 e. The van der Waals surface area contributed by atoms with E-state index in [0.29, 0.717) is 23.5 Å². The molecule has 80 valence electrons. The van der Waals surface area contributed by atoms with Crippen LogP contribution in [0.1, 0.15) is 12.8 Å². The predicted octanol–water partition coefficient (Wildman–Crippen LogP) is 1.82. The zero-order chi connectivity index (χ0) is 11.3. The Bertz CT molecular complexity index is 414. The minimum atomic E-state index is -1.25. The molecule has 3 nitrogen and oxygen atoms in total. The van der Waals surface area contributed by atoms with Gasteiger partial charge < -0.3 is 5.73 Å². The second-order valence-electron chi connectivity index (χ2n) is 2.99. The predicted molar refractivity (Wildman–Crippen MR) is 56.9 cm³/mol. The van der Waals surface area contributed by atoms with Crippen molar-refractivity contribution in [1.82, 2.24) is 0 Å². The first-order chi connectivity index (χ1) is 7.15. The first-order valence-electron chi connectivity index (χ1n) is 4.45. The van der Waals surface area contributed by atoms with Gasteiger partial charge in [-0.3, -0.25) is 4.21 Å². The van der Waals surface area contributed by atoms with Gasteiger partial charge in [0.05, 0.1) is 22.6 Å². The zero-order valence-electron chi connectivity index (χ0n) is 8.07. The van der Waals surface area contributed by atoms with Crippen molar-refractivity contribution in [3.63, 3.8) is 0 Å². The van der Waals surface area contributed by atoms with E-state index in [9.17, 15) is 8.60 Å².